The van der Waals surface area contributed by atoms with E-state index in [1.165, 1.54) is 25.4 Å². The number of benzene rings is 1. The van der Waals surface area contributed by atoms with E-state index in [4.69, 9.17) is 4.74 Å². The number of carbonyl (C=O) groups excluding carboxylic acids is 3. The fraction of sp³-hybridized carbons (Fsp3) is 0.375. The summed E-state index contributed by atoms with van der Waals surface area (Å²) >= 11 is 0. The van der Waals surface area contributed by atoms with E-state index in [1.54, 1.807) is 17.0 Å². The molecule has 0 spiro atoms. The number of methoxy groups -OCH3 is 1. The largest absolute Gasteiger partial charge is 0.465 e. The van der Waals surface area contributed by atoms with E-state index in [9.17, 15) is 14.4 Å². The van der Waals surface area contributed by atoms with Crippen molar-refractivity contribution in [2.45, 2.75) is 39.7 Å². The van der Waals surface area contributed by atoms with Crippen LogP contribution in [0.2, 0.25) is 0 Å². The summed E-state index contributed by atoms with van der Waals surface area (Å²) in [5, 5.41) is 2.72. The van der Waals surface area contributed by atoms with Crippen LogP contribution in [0.15, 0.2) is 36.5 Å². The summed E-state index contributed by atoms with van der Waals surface area (Å²) in [4.78, 5) is 46.9. The quantitative estimate of drug-likeness (QED) is 0.702. The van der Waals surface area contributed by atoms with Gasteiger partial charge in [0.2, 0.25) is 0 Å². The molecule has 1 aromatic carbocycles. The minimum Gasteiger partial charge on any atom is -0.465 e. The van der Waals surface area contributed by atoms with Gasteiger partial charge in [-0.25, -0.2) is 14.6 Å². The third-order valence-electron chi connectivity index (χ3n) is 4.92. The lowest BCUT2D eigenvalue weighted by atomic mass is 10.0. The zero-order valence-corrected chi connectivity index (χ0v) is 19.5. The number of ether oxygens (including phenoxy) is 2. The Kier molecular flexibility index (Phi) is 7.10. The van der Waals surface area contributed by atoms with Crippen molar-refractivity contribution in [1.82, 2.24) is 14.9 Å². The molecule has 0 saturated heterocycles. The van der Waals surface area contributed by atoms with Gasteiger partial charge in [-0.05, 0) is 64.0 Å². The van der Waals surface area contributed by atoms with Crippen LogP contribution in [-0.4, -0.2) is 58.6 Å². The zero-order chi connectivity index (χ0) is 24.2. The van der Waals surface area contributed by atoms with E-state index in [0.717, 1.165) is 11.3 Å². The molecule has 2 aromatic rings. The fourth-order valence-corrected chi connectivity index (χ4v) is 3.30. The highest BCUT2D eigenvalue weighted by Gasteiger charge is 2.24. The van der Waals surface area contributed by atoms with Gasteiger partial charge in [-0.15, -0.1) is 0 Å². The zero-order valence-electron chi connectivity index (χ0n) is 19.5. The number of rotatable bonds is 4. The van der Waals surface area contributed by atoms with Crippen LogP contribution in [0.3, 0.4) is 0 Å². The van der Waals surface area contributed by atoms with Crippen molar-refractivity contribution < 1.29 is 23.9 Å². The lowest BCUT2D eigenvalue weighted by molar-refractivity contribution is 0.0270. The first-order chi connectivity index (χ1) is 15.6. The molecule has 2 amide bonds. The number of aryl methyl sites for hydroxylation is 1. The first-order valence-corrected chi connectivity index (χ1v) is 10.6. The van der Waals surface area contributed by atoms with Gasteiger partial charge in [0.15, 0.2) is 5.82 Å². The van der Waals surface area contributed by atoms with E-state index in [1.807, 2.05) is 33.8 Å². The summed E-state index contributed by atoms with van der Waals surface area (Å²) in [5.74, 6) is -0.506. The number of esters is 1. The predicted molar refractivity (Wildman–Crippen MR) is 123 cm³/mol. The standard InChI is InChI=1S/C24H28N4O5/c1-15-20(16-10-12-28(13-11-16)23(31)33-24(2,3)4)25-14-19(26-15)27-21(29)17-6-8-18(9-7-17)22(30)32-5/h6-10,14H,11-13H2,1-5H3,(H,26,27,29). The first kappa shape index (κ1) is 23.9. The molecule has 0 radical (unpaired) electrons. The Hall–Kier alpha value is -3.75. The monoisotopic (exact) mass is 452 g/mol. The summed E-state index contributed by atoms with van der Waals surface area (Å²) in [7, 11) is 1.30. The highest BCUT2D eigenvalue weighted by molar-refractivity contribution is 6.04. The van der Waals surface area contributed by atoms with Crippen molar-refractivity contribution in [3.8, 4) is 0 Å². The molecule has 1 aliphatic rings. The third-order valence-corrected chi connectivity index (χ3v) is 4.92. The molecule has 1 N–H and O–H groups in total. The smallest absolute Gasteiger partial charge is 0.410 e. The molecule has 0 fully saturated rings. The highest BCUT2D eigenvalue weighted by Crippen LogP contribution is 2.24. The highest BCUT2D eigenvalue weighted by atomic mass is 16.6. The van der Waals surface area contributed by atoms with Crippen molar-refractivity contribution in [3.63, 3.8) is 0 Å². The van der Waals surface area contributed by atoms with Crippen LogP contribution < -0.4 is 5.32 Å². The average Bonchev–Trinajstić information content (AvgIpc) is 2.78. The minimum atomic E-state index is -0.535. The molecule has 0 saturated carbocycles. The molecule has 2 heterocycles. The Morgan fingerprint density at radius 2 is 1.76 bits per heavy atom. The number of hydrogen-bond donors (Lipinski definition) is 1. The summed E-state index contributed by atoms with van der Waals surface area (Å²) < 4.78 is 10.1. The Balaban J connectivity index is 1.65. The summed E-state index contributed by atoms with van der Waals surface area (Å²) in [6.07, 6.45) is 3.75. The van der Waals surface area contributed by atoms with Gasteiger partial charge in [0.25, 0.3) is 5.91 Å². The first-order valence-electron chi connectivity index (χ1n) is 10.6. The molecule has 0 bridgehead atoms. The number of aromatic nitrogens is 2. The lowest BCUT2D eigenvalue weighted by Crippen LogP contribution is -2.39. The molecular weight excluding hydrogens is 424 g/mol. The normalized spacial score (nSPS) is 13.7. The Morgan fingerprint density at radius 3 is 2.30 bits per heavy atom. The number of hydrogen-bond acceptors (Lipinski definition) is 7. The Labute approximate surface area is 192 Å². The second-order valence-corrected chi connectivity index (χ2v) is 8.62. The Bertz CT molecular complexity index is 1090. The number of anilines is 1. The molecule has 33 heavy (non-hydrogen) atoms. The van der Waals surface area contributed by atoms with Gasteiger partial charge in [0.05, 0.1) is 30.3 Å². The fourth-order valence-electron chi connectivity index (χ4n) is 3.30. The lowest BCUT2D eigenvalue weighted by Gasteiger charge is -2.29. The molecule has 9 heteroatoms. The van der Waals surface area contributed by atoms with E-state index < -0.39 is 11.6 Å². The van der Waals surface area contributed by atoms with E-state index in [2.05, 4.69) is 20.0 Å². The van der Waals surface area contributed by atoms with Crippen LogP contribution in [0.1, 0.15) is 59.3 Å². The SMILES string of the molecule is COC(=O)c1ccc(C(=O)Nc2cnc(C3=CCN(C(=O)OC(C)(C)C)CC3)c(C)n2)cc1. The van der Waals surface area contributed by atoms with Gasteiger partial charge < -0.3 is 19.7 Å². The van der Waals surface area contributed by atoms with E-state index >= 15 is 0 Å². The molecule has 1 aromatic heterocycles. The molecule has 174 valence electrons. The Morgan fingerprint density at radius 1 is 1.09 bits per heavy atom. The number of nitrogens with zero attached hydrogens (tertiary/aromatic N) is 3. The van der Waals surface area contributed by atoms with Gasteiger partial charge in [-0.1, -0.05) is 6.08 Å². The van der Waals surface area contributed by atoms with Gasteiger partial charge in [-0.3, -0.25) is 9.78 Å². The maximum absolute atomic E-state index is 12.5. The van der Waals surface area contributed by atoms with Crippen molar-refractivity contribution in [2.75, 3.05) is 25.5 Å². The van der Waals surface area contributed by atoms with Crippen molar-refractivity contribution in [1.29, 1.82) is 0 Å². The number of nitrogens with one attached hydrogen (secondary N) is 1. The van der Waals surface area contributed by atoms with Crippen LogP contribution in [-0.2, 0) is 9.47 Å². The van der Waals surface area contributed by atoms with Gasteiger partial charge >= 0.3 is 12.1 Å². The van der Waals surface area contributed by atoms with Crippen LogP contribution >= 0.6 is 0 Å². The number of carbonyl (C=O) groups is 3. The van der Waals surface area contributed by atoms with Crippen LogP contribution in [0.5, 0.6) is 0 Å². The van der Waals surface area contributed by atoms with Gasteiger partial charge in [0, 0.05) is 18.7 Å². The van der Waals surface area contributed by atoms with Crippen LogP contribution in [0.4, 0.5) is 10.6 Å². The molecule has 0 unspecified atom stereocenters. The summed E-state index contributed by atoms with van der Waals surface area (Å²) in [6, 6.07) is 6.13. The van der Waals surface area contributed by atoms with Crippen molar-refractivity contribution >= 4 is 29.4 Å². The predicted octanol–water partition coefficient (Wildman–Crippen LogP) is 3.85. The topological polar surface area (TPSA) is 111 Å². The second kappa shape index (κ2) is 9.81. The summed E-state index contributed by atoms with van der Waals surface area (Å²) in [5.41, 5.74) is 2.61. The van der Waals surface area contributed by atoms with E-state index in [0.29, 0.717) is 42.1 Å². The molecule has 0 aliphatic carbocycles. The van der Waals surface area contributed by atoms with Gasteiger partial charge in [0.1, 0.15) is 5.60 Å². The summed E-state index contributed by atoms with van der Waals surface area (Å²) in [6.45, 7) is 8.31. The molecule has 3 rings (SSSR count). The van der Waals surface area contributed by atoms with Gasteiger partial charge in [-0.2, -0.15) is 0 Å². The van der Waals surface area contributed by atoms with Crippen molar-refractivity contribution in [3.05, 3.63) is 59.1 Å². The van der Waals surface area contributed by atoms with E-state index in [-0.39, 0.29) is 12.0 Å². The molecule has 9 nitrogen and oxygen atoms in total. The molecular formula is C24H28N4O5. The third kappa shape index (κ3) is 6.15. The molecule has 0 atom stereocenters. The number of amides is 2. The maximum Gasteiger partial charge on any atom is 0.410 e. The van der Waals surface area contributed by atoms with Crippen molar-refractivity contribution in [2.24, 2.45) is 0 Å². The maximum atomic E-state index is 12.5. The molecule has 1 aliphatic heterocycles. The van der Waals surface area contributed by atoms with Crippen LogP contribution in [0, 0.1) is 6.92 Å². The second-order valence-electron chi connectivity index (χ2n) is 8.62. The minimum absolute atomic E-state index is 0.324. The van der Waals surface area contributed by atoms with Crippen LogP contribution in [0.25, 0.3) is 5.57 Å². The average molecular weight is 453 g/mol.